The number of benzene rings is 1. The summed E-state index contributed by atoms with van der Waals surface area (Å²) in [5.74, 6) is -0.215. The van der Waals surface area contributed by atoms with Crippen LogP contribution in [-0.2, 0) is 10.0 Å². The van der Waals surface area contributed by atoms with Crippen LogP contribution in [0.4, 0.5) is 5.82 Å². The zero-order valence-electron chi connectivity index (χ0n) is 11.5. The third-order valence-corrected chi connectivity index (χ3v) is 4.39. The maximum atomic E-state index is 12.4. The Bertz CT molecular complexity index is 795. The number of hydrogen-bond donors (Lipinski definition) is 4. The first-order valence-electron chi connectivity index (χ1n) is 5.96. The van der Waals surface area contributed by atoms with Gasteiger partial charge >= 0.3 is 0 Å². The number of amidine groups is 1. The molecule has 5 N–H and O–H groups in total. The van der Waals surface area contributed by atoms with Gasteiger partial charge in [0, 0.05) is 0 Å². The number of nitrogens with two attached hydrogens (primary N) is 1. The van der Waals surface area contributed by atoms with Crippen LogP contribution in [0.2, 0.25) is 0 Å². The van der Waals surface area contributed by atoms with E-state index in [0.717, 1.165) is 5.56 Å². The molecule has 0 saturated heterocycles. The van der Waals surface area contributed by atoms with Gasteiger partial charge in [-0.2, -0.15) is 5.10 Å². The number of anilines is 1. The number of aromatic nitrogens is 2. The summed E-state index contributed by atoms with van der Waals surface area (Å²) in [5, 5.41) is 17.6. The van der Waals surface area contributed by atoms with Crippen molar-refractivity contribution in [1.82, 2.24) is 10.2 Å². The van der Waals surface area contributed by atoms with E-state index in [4.69, 9.17) is 10.9 Å². The fourth-order valence-electron chi connectivity index (χ4n) is 1.90. The zero-order chi connectivity index (χ0) is 15.6. The first kappa shape index (κ1) is 14.9. The summed E-state index contributed by atoms with van der Waals surface area (Å²) in [6.07, 6.45) is 1.26. The summed E-state index contributed by atoms with van der Waals surface area (Å²) in [6, 6.07) is 5.00. The maximum absolute atomic E-state index is 12.4. The number of sulfonamides is 1. The number of aryl methyl sites for hydroxylation is 2. The molecule has 0 unspecified atom stereocenters. The largest absolute Gasteiger partial charge is 0.409 e. The van der Waals surface area contributed by atoms with Gasteiger partial charge in [-0.05, 0) is 25.5 Å². The lowest BCUT2D eigenvalue weighted by atomic mass is 10.2. The zero-order valence-corrected chi connectivity index (χ0v) is 12.3. The van der Waals surface area contributed by atoms with Crippen molar-refractivity contribution in [2.75, 3.05) is 4.72 Å². The Morgan fingerprint density at radius 1 is 1.43 bits per heavy atom. The van der Waals surface area contributed by atoms with Crippen LogP contribution in [0.25, 0.3) is 0 Å². The van der Waals surface area contributed by atoms with Crippen molar-refractivity contribution in [3.8, 4) is 0 Å². The SMILES string of the molecule is Cc1ccc(S(=O)(=O)Nc2[nH]ncc2C(N)=NO)c(C)c1. The Hall–Kier alpha value is -2.55. The molecule has 0 fully saturated rings. The van der Waals surface area contributed by atoms with Crippen LogP contribution >= 0.6 is 0 Å². The first-order chi connectivity index (χ1) is 9.85. The number of aromatic amines is 1. The molecule has 8 nitrogen and oxygen atoms in total. The van der Waals surface area contributed by atoms with Gasteiger partial charge < -0.3 is 10.9 Å². The van der Waals surface area contributed by atoms with Crippen molar-refractivity contribution < 1.29 is 13.6 Å². The van der Waals surface area contributed by atoms with Gasteiger partial charge in [-0.3, -0.25) is 9.82 Å². The molecular weight excluding hydrogens is 294 g/mol. The monoisotopic (exact) mass is 309 g/mol. The van der Waals surface area contributed by atoms with Crippen LogP contribution in [0.3, 0.4) is 0 Å². The molecular formula is C12H15N5O3S. The van der Waals surface area contributed by atoms with E-state index in [9.17, 15) is 8.42 Å². The Morgan fingerprint density at radius 3 is 2.76 bits per heavy atom. The highest BCUT2D eigenvalue weighted by molar-refractivity contribution is 7.92. The van der Waals surface area contributed by atoms with Crippen LogP contribution in [0, 0.1) is 13.8 Å². The Kier molecular flexibility index (Phi) is 3.85. The van der Waals surface area contributed by atoms with Gasteiger partial charge in [-0.15, -0.1) is 0 Å². The smallest absolute Gasteiger partial charge is 0.263 e. The Morgan fingerprint density at radius 2 is 2.14 bits per heavy atom. The second kappa shape index (κ2) is 5.44. The standard InChI is InChI=1S/C12H15N5O3S/c1-7-3-4-10(8(2)5-7)21(19,20)17-12-9(6-14-15-12)11(13)16-18/h3-6,18H,1-2H3,(H2,13,16)(H2,14,15,17). The fourth-order valence-corrected chi connectivity index (χ4v) is 3.17. The van der Waals surface area contributed by atoms with E-state index >= 15 is 0 Å². The molecule has 1 heterocycles. The van der Waals surface area contributed by atoms with Gasteiger partial charge in [0.25, 0.3) is 10.0 Å². The number of nitrogens with one attached hydrogen (secondary N) is 2. The fraction of sp³-hybridized carbons (Fsp3) is 0.167. The van der Waals surface area contributed by atoms with Crippen LogP contribution in [0.15, 0.2) is 34.4 Å². The van der Waals surface area contributed by atoms with E-state index in [1.54, 1.807) is 19.1 Å². The molecule has 2 rings (SSSR count). The summed E-state index contributed by atoms with van der Waals surface area (Å²) in [7, 11) is -3.81. The lowest BCUT2D eigenvalue weighted by Gasteiger charge is -2.10. The van der Waals surface area contributed by atoms with E-state index in [-0.39, 0.29) is 22.1 Å². The van der Waals surface area contributed by atoms with Crippen LogP contribution in [-0.4, -0.2) is 29.7 Å². The molecule has 0 bridgehead atoms. The molecule has 0 saturated carbocycles. The highest BCUT2D eigenvalue weighted by Gasteiger charge is 2.20. The molecule has 21 heavy (non-hydrogen) atoms. The normalized spacial score (nSPS) is 12.4. The van der Waals surface area contributed by atoms with Gasteiger partial charge in [0.15, 0.2) is 5.84 Å². The highest BCUT2D eigenvalue weighted by atomic mass is 32.2. The van der Waals surface area contributed by atoms with Crippen molar-refractivity contribution in [3.05, 3.63) is 41.1 Å². The number of hydrogen-bond acceptors (Lipinski definition) is 5. The number of H-pyrrole nitrogens is 1. The second-order valence-corrected chi connectivity index (χ2v) is 6.17. The van der Waals surface area contributed by atoms with Gasteiger partial charge in [-0.1, -0.05) is 22.9 Å². The van der Waals surface area contributed by atoms with E-state index in [1.807, 2.05) is 6.92 Å². The second-order valence-electron chi connectivity index (χ2n) is 4.52. The molecule has 0 atom stereocenters. The molecule has 1 aromatic carbocycles. The molecule has 0 aliphatic carbocycles. The van der Waals surface area contributed by atoms with Gasteiger partial charge in [-0.25, -0.2) is 8.42 Å². The Labute approximate surface area is 121 Å². The van der Waals surface area contributed by atoms with E-state index in [0.29, 0.717) is 5.56 Å². The molecule has 0 aliphatic rings. The number of nitrogens with zero attached hydrogens (tertiary/aromatic N) is 2. The number of rotatable bonds is 4. The highest BCUT2D eigenvalue weighted by Crippen LogP contribution is 2.21. The molecule has 0 spiro atoms. The minimum absolute atomic E-state index is 0.0327. The summed E-state index contributed by atoms with van der Waals surface area (Å²) in [5.41, 5.74) is 7.19. The van der Waals surface area contributed by atoms with Crippen molar-refractivity contribution >= 4 is 21.7 Å². The van der Waals surface area contributed by atoms with Gasteiger partial charge in [0.05, 0.1) is 16.7 Å². The number of oxime groups is 1. The van der Waals surface area contributed by atoms with Crippen molar-refractivity contribution in [2.24, 2.45) is 10.9 Å². The molecule has 2 aromatic rings. The third kappa shape index (κ3) is 2.97. The molecule has 1 aromatic heterocycles. The summed E-state index contributed by atoms with van der Waals surface area (Å²) >= 11 is 0. The first-order valence-corrected chi connectivity index (χ1v) is 7.45. The van der Waals surface area contributed by atoms with E-state index < -0.39 is 10.0 Å². The summed E-state index contributed by atoms with van der Waals surface area (Å²) in [4.78, 5) is 0.146. The predicted molar refractivity (Wildman–Crippen MR) is 77.8 cm³/mol. The van der Waals surface area contributed by atoms with Crippen molar-refractivity contribution in [3.63, 3.8) is 0 Å². The third-order valence-electron chi connectivity index (χ3n) is 2.88. The topological polar surface area (TPSA) is 133 Å². The molecule has 0 radical (unpaired) electrons. The average molecular weight is 309 g/mol. The van der Waals surface area contributed by atoms with Crippen LogP contribution in [0.1, 0.15) is 16.7 Å². The van der Waals surface area contributed by atoms with Gasteiger partial charge in [0.2, 0.25) is 0 Å². The van der Waals surface area contributed by atoms with Crippen LogP contribution < -0.4 is 10.5 Å². The lowest BCUT2D eigenvalue weighted by Crippen LogP contribution is -2.19. The molecule has 9 heteroatoms. The summed E-state index contributed by atoms with van der Waals surface area (Å²) in [6.45, 7) is 3.58. The van der Waals surface area contributed by atoms with Crippen molar-refractivity contribution in [1.29, 1.82) is 0 Å². The molecule has 0 aliphatic heterocycles. The Balaban J connectivity index is 2.41. The maximum Gasteiger partial charge on any atom is 0.263 e. The molecule has 0 amide bonds. The molecule has 112 valence electrons. The van der Waals surface area contributed by atoms with Crippen molar-refractivity contribution in [2.45, 2.75) is 18.7 Å². The van der Waals surface area contributed by atoms with E-state index in [1.165, 1.54) is 12.3 Å². The van der Waals surface area contributed by atoms with Crippen LogP contribution in [0.5, 0.6) is 0 Å². The van der Waals surface area contributed by atoms with Gasteiger partial charge in [0.1, 0.15) is 5.82 Å². The predicted octanol–water partition coefficient (Wildman–Crippen LogP) is 0.922. The lowest BCUT2D eigenvalue weighted by molar-refractivity contribution is 0.318. The summed E-state index contributed by atoms with van der Waals surface area (Å²) < 4.78 is 27.1. The minimum Gasteiger partial charge on any atom is -0.409 e. The van der Waals surface area contributed by atoms with E-state index in [2.05, 4.69) is 20.1 Å². The average Bonchev–Trinajstić information content (AvgIpc) is 2.84. The quantitative estimate of drug-likeness (QED) is 0.288. The minimum atomic E-state index is -3.81.